The normalized spacial score (nSPS) is 23.1. The average molecular weight is 202 g/mol. The summed E-state index contributed by atoms with van der Waals surface area (Å²) in [7, 11) is 0. The predicted molar refractivity (Wildman–Crippen MR) is 47.7 cm³/mol. The maximum absolute atomic E-state index is 11.4. The monoisotopic (exact) mass is 202 g/mol. The summed E-state index contributed by atoms with van der Waals surface area (Å²) >= 11 is 0. The van der Waals surface area contributed by atoms with Crippen LogP contribution in [0.25, 0.3) is 0 Å². The minimum atomic E-state index is -1.22. The molecule has 0 aromatic rings. The number of hydrogen-bond acceptors (Lipinski definition) is 4. The van der Waals surface area contributed by atoms with E-state index in [2.05, 4.69) is 10.6 Å². The van der Waals surface area contributed by atoms with Crippen LogP contribution in [0.5, 0.6) is 0 Å². The summed E-state index contributed by atoms with van der Waals surface area (Å²) in [5.74, 6) is -1.58. The first kappa shape index (κ1) is 10.9. The minimum absolute atomic E-state index is 0.316. The standard InChI is InChI=1S/C8H14N2O4/c11-4-6(8(13)14)10-7(12)5-2-1-3-9-5/h5-6,9,11H,1-4H2,(H,10,12)(H,13,14)/t5-,6-/m1/s1. The fraction of sp³-hybridized carbons (Fsp3) is 0.750. The number of carboxylic acids is 1. The van der Waals surface area contributed by atoms with E-state index in [1.54, 1.807) is 0 Å². The zero-order valence-corrected chi connectivity index (χ0v) is 7.69. The number of aliphatic hydroxyl groups excluding tert-OH is 1. The highest BCUT2D eigenvalue weighted by atomic mass is 16.4. The van der Waals surface area contributed by atoms with E-state index in [0.717, 1.165) is 13.0 Å². The van der Waals surface area contributed by atoms with Crippen LogP contribution in [0, 0.1) is 0 Å². The molecule has 0 bridgehead atoms. The molecule has 0 unspecified atom stereocenters. The van der Waals surface area contributed by atoms with Crippen LogP contribution in [0.2, 0.25) is 0 Å². The lowest BCUT2D eigenvalue weighted by atomic mass is 10.2. The van der Waals surface area contributed by atoms with Gasteiger partial charge in [0.1, 0.15) is 6.04 Å². The summed E-state index contributed by atoms with van der Waals surface area (Å²) in [5, 5.41) is 22.4. The Balaban J connectivity index is 2.41. The number of amides is 1. The van der Waals surface area contributed by atoms with Gasteiger partial charge in [-0.3, -0.25) is 4.79 Å². The van der Waals surface area contributed by atoms with Crippen LogP contribution in [0.3, 0.4) is 0 Å². The Bertz CT molecular complexity index is 225. The number of nitrogens with one attached hydrogen (secondary N) is 2. The molecule has 0 saturated carbocycles. The van der Waals surface area contributed by atoms with Crippen molar-refractivity contribution in [1.29, 1.82) is 0 Å². The number of carboxylic acid groups (broad SMARTS) is 1. The highest BCUT2D eigenvalue weighted by molar-refractivity contribution is 5.87. The van der Waals surface area contributed by atoms with Gasteiger partial charge in [-0.25, -0.2) is 4.79 Å². The quantitative estimate of drug-likeness (QED) is 0.435. The molecule has 0 aromatic heterocycles. The third-order valence-corrected chi connectivity index (χ3v) is 2.17. The number of rotatable bonds is 4. The lowest BCUT2D eigenvalue weighted by Crippen LogP contribution is -2.49. The Morgan fingerprint density at radius 2 is 2.29 bits per heavy atom. The fourth-order valence-electron chi connectivity index (χ4n) is 1.37. The number of aliphatic hydroxyl groups is 1. The summed E-state index contributed by atoms with van der Waals surface area (Å²) < 4.78 is 0. The zero-order valence-electron chi connectivity index (χ0n) is 7.69. The summed E-state index contributed by atoms with van der Waals surface area (Å²) in [4.78, 5) is 21.9. The number of aliphatic carboxylic acids is 1. The molecule has 0 spiro atoms. The Kier molecular flexibility index (Phi) is 3.84. The summed E-state index contributed by atoms with van der Waals surface area (Å²) in [6.07, 6.45) is 1.62. The van der Waals surface area contributed by atoms with Crippen molar-refractivity contribution < 1.29 is 19.8 Å². The molecule has 80 valence electrons. The minimum Gasteiger partial charge on any atom is -0.480 e. The summed E-state index contributed by atoms with van der Waals surface area (Å²) in [5.41, 5.74) is 0. The average Bonchev–Trinajstić information content (AvgIpc) is 2.65. The van der Waals surface area contributed by atoms with Crippen LogP contribution in [0.1, 0.15) is 12.8 Å². The highest BCUT2D eigenvalue weighted by Crippen LogP contribution is 2.04. The van der Waals surface area contributed by atoms with Gasteiger partial charge in [0.2, 0.25) is 5.91 Å². The zero-order chi connectivity index (χ0) is 10.6. The van der Waals surface area contributed by atoms with Crippen LogP contribution < -0.4 is 10.6 Å². The fourth-order valence-corrected chi connectivity index (χ4v) is 1.37. The van der Waals surface area contributed by atoms with Crippen LogP contribution in [-0.4, -0.2) is 47.3 Å². The second-order valence-electron chi connectivity index (χ2n) is 3.23. The van der Waals surface area contributed by atoms with Crippen molar-refractivity contribution in [1.82, 2.24) is 10.6 Å². The maximum Gasteiger partial charge on any atom is 0.328 e. The van der Waals surface area contributed by atoms with E-state index in [9.17, 15) is 9.59 Å². The van der Waals surface area contributed by atoms with Crippen molar-refractivity contribution in [3.05, 3.63) is 0 Å². The molecule has 6 heteroatoms. The molecule has 0 aromatic carbocycles. The van der Waals surface area contributed by atoms with Crippen molar-refractivity contribution >= 4 is 11.9 Å². The van der Waals surface area contributed by atoms with E-state index in [1.165, 1.54) is 0 Å². The van der Waals surface area contributed by atoms with Crippen molar-refractivity contribution in [3.63, 3.8) is 0 Å². The van der Waals surface area contributed by atoms with Gasteiger partial charge in [0.25, 0.3) is 0 Å². The van der Waals surface area contributed by atoms with E-state index in [0.29, 0.717) is 6.42 Å². The molecule has 1 aliphatic rings. The molecule has 14 heavy (non-hydrogen) atoms. The molecule has 1 amide bonds. The first-order chi connectivity index (χ1) is 6.65. The van der Waals surface area contributed by atoms with Gasteiger partial charge in [-0.15, -0.1) is 0 Å². The lowest BCUT2D eigenvalue weighted by molar-refractivity contribution is -0.143. The van der Waals surface area contributed by atoms with E-state index >= 15 is 0 Å². The molecule has 1 heterocycles. The van der Waals surface area contributed by atoms with Crippen LogP contribution in [0.15, 0.2) is 0 Å². The van der Waals surface area contributed by atoms with Crippen molar-refractivity contribution in [3.8, 4) is 0 Å². The largest absolute Gasteiger partial charge is 0.480 e. The van der Waals surface area contributed by atoms with Gasteiger partial charge in [0, 0.05) is 0 Å². The molecule has 0 aliphatic carbocycles. The SMILES string of the molecule is O=C(O)[C@@H](CO)NC(=O)[C@H]1CCCN1. The number of carbonyl (C=O) groups excluding carboxylic acids is 1. The molecular weight excluding hydrogens is 188 g/mol. The van der Waals surface area contributed by atoms with Crippen LogP contribution in [0.4, 0.5) is 0 Å². The van der Waals surface area contributed by atoms with Gasteiger partial charge in [-0.05, 0) is 19.4 Å². The molecule has 1 saturated heterocycles. The van der Waals surface area contributed by atoms with Crippen molar-refractivity contribution in [2.45, 2.75) is 24.9 Å². The second kappa shape index (κ2) is 4.92. The molecule has 2 atom stereocenters. The van der Waals surface area contributed by atoms with Crippen molar-refractivity contribution in [2.24, 2.45) is 0 Å². The summed E-state index contributed by atoms with van der Waals surface area (Å²) in [6, 6.07) is -1.52. The third kappa shape index (κ3) is 2.68. The van der Waals surface area contributed by atoms with E-state index in [1.807, 2.05) is 0 Å². The molecule has 4 N–H and O–H groups in total. The topological polar surface area (TPSA) is 98.7 Å². The predicted octanol–water partition coefficient (Wildman–Crippen LogP) is -1.70. The van der Waals surface area contributed by atoms with Crippen LogP contribution >= 0.6 is 0 Å². The van der Waals surface area contributed by atoms with Gasteiger partial charge in [-0.2, -0.15) is 0 Å². The maximum atomic E-state index is 11.4. The number of hydrogen-bond donors (Lipinski definition) is 4. The van der Waals surface area contributed by atoms with Gasteiger partial charge >= 0.3 is 5.97 Å². The Morgan fingerprint density at radius 3 is 2.71 bits per heavy atom. The van der Waals surface area contributed by atoms with Gasteiger partial charge in [0.05, 0.1) is 12.6 Å². The molecule has 1 rings (SSSR count). The first-order valence-electron chi connectivity index (χ1n) is 4.52. The van der Waals surface area contributed by atoms with Crippen molar-refractivity contribution in [2.75, 3.05) is 13.2 Å². The summed E-state index contributed by atoms with van der Waals surface area (Å²) in [6.45, 7) is 0.183. The molecule has 1 aliphatic heterocycles. The Hall–Kier alpha value is -1.14. The van der Waals surface area contributed by atoms with Gasteiger partial charge < -0.3 is 20.8 Å². The number of carbonyl (C=O) groups is 2. The van der Waals surface area contributed by atoms with Gasteiger partial charge in [-0.1, -0.05) is 0 Å². The van der Waals surface area contributed by atoms with E-state index in [4.69, 9.17) is 10.2 Å². The first-order valence-corrected chi connectivity index (χ1v) is 4.52. The molecule has 0 radical (unpaired) electrons. The second-order valence-corrected chi connectivity index (χ2v) is 3.23. The molecule has 6 nitrogen and oxygen atoms in total. The smallest absolute Gasteiger partial charge is 0.328 e. The molecule has 1 fully saturated rings. The lowest BCUT2D eigenvalue weighted by Gasteiger charge is -2.15. The Morgan fingerprint density at radius 1 is 1.57 bits per heavy atom. The highest BCUT2D eigenvalue weighted by Gasteiger charge is 2.26. The van der Waals surface area contributed by atoms with Crippen LogP contribution in [-0.2, 0) is 9.59 Å². The molecular formula is C8H14N2O4. The third-order valence-electron chi connectivity index (χ3n) is 2.17. The Labute approximate surface area is 81.3 Å². The van der Waals surface area contributed by atoms with E-state index in [-0.39, 0.29) is 11.9 Å². The van der Waals surface area contributed by atoms with Gasteiger partial charge in [0.15, 0.2) is 0 Å². The van der Waals surface area contributed by atoms with E-state index < -0.39 is 18.6 Å².